The number of nitrogens with one attached hydrogen (secondary N) is 1. The number of nitro groups is 1. The molecule has 2 amide bonds. The number of aromatic carboxylic acids is 1. The Labute approximate surface area is 166 Å². The molecule has 2 aromatic carbocycles. The average Bonchev–Trinajstić information content (AvgIpc) is 2.73. The number of piperidine rings is 1. The maximum atomic E-state index is 12.6. The van der Waals surface area contributed by atoms with E-state index in [0.717, 1.165) is 37.5 Å². The van der Waals surface area contributed by atoms with Crippen molar-refractivity contribution >= 4 is 29.2 Å². The van der Waals surface area contributed by atoms with Gasteiger partial charge in [-0.2, -0.15) is 0 Å². The van der Waals surface area contributed by atoms with Crippen LogP contribution in [-0.2, 0) is 0 Å². The van der Waals surface area contributed by atoms with E-state index in [1.54, 1.807) is 23.1 Å². The zero-order valence-corrected chi connectivity index (χ0v) is 15.5. The highest BCUT2D eigenvalue weighted by Crippen LogP contribution is 2.20. The van der Waals surface area contributed by atoms with E-state index >= 15 is 0 Å². The molecule has 3 rings (SSSR count). The molecule has 1 aliphatic rings. The van der Waals surface area contributed by atoms with Crippen LogP contribution in [0.5, 0.6) is 0 Å². The molecular formula is C20H19N3O6. The highest BCUT2D eigenvalue weighted by atomic mass is 16.6. The van der Waals surface area contributed by atoms with Crippen molar-refractivity contribution in [3.63, 3.8) is 0 Å². The van der Waals surface area contributed by atoms with Crippen LogP contribution >= 0.6 is 0 Å². The Morgan fingerprint density at radius 1 is 0.966 bits per heavy atom. The molecule has 0 aromatic heterocycles. The first kappa shape index (κ1) is 20.0. The lowest BCUT2D eigenvalue weighted by Crippen LogP contribution is -2.35. The van der Waals surface area contributed by atoms with E-state index in [9.17, 15) is 24.5 Å². The Morgan fingerprint density at radius 2 is 1.66 bits per heavy atom. The fourth-order valence-electron chi connectivity index (χ4n) is 3.18. The Balaban J connectivity index is 1.81. The van der Waals surface area contributed by atoms with Gasteiger partial charge in [-0.3, -0.25) is 19.7 Å². The minimum atomic E-state index is -1.38. The van der Waals surface area contributed by atoms with Gasteiger partial charge in [0.1, 0.15) is 0 Å². The number of nitro benzene ring substituents is 1. The quantitative estimate of drug-likeness (QED) is 0.589. The molecule has 0 saturated carbocycles. The Morgan fingerprint density at radius 3 is 2.31 bits per heavy atom. The fourth-order valence-corrected chi connectivity index (χ4v) is 3.18. The van der Waals surface area contributed by atoms with E-state index < -0.39 is 22.5 Å². The van der Waals surface area contributed by atoms with Crippen molar-refractivity contribution in [2.45, 2.75) is 19.3 Å². The standard InChI is InChI=1S/C20H19N3O6/c24-18(14-9-15(20(26)27)12-17(11-14)23(28)29)21-16-6-4-5-13(10-16)19(25)22-7-2-1-3-8-22/h4-6,9-12H,1-3,7-8H2,(H,21,24)(H,26,27). The minimum Gasteiger partial charge on any atom is -0.478 e. The summed E-state index contributed by atoms with van der Waals surface area (Å²) in [6.07, 6.45) is 3.02. The van der Waals surface area contributed by atoms with Crippen LogP contribution in [0.3, 0.4) is 0 Å². The number of hydrogen-bond donors (Lipinski definition) is 2. The molecule has 0 radical (unpaired) electrons. The summed E-state index contributed by atoms with van der Waals surface area (Å²) in [5, 5.41) is 22.7. The van der Waals surface area contributed by atoms with E-state index in [2.05, 4.69) is 5.32 Å². The molecule has 9 heteroatoms. The second-order valence-electron chi connectivity index (χ2n) is 6.72. The number of carbonyl (C=O) groups is 3. The number of hydrogen-bond acceptors (Lipinski definition) is 5. The van der Waals surface area contributed by atoms with Crippen molar-refractivity contribution in [3.8, 4) is 0 Å². The van der Waals surface area contributed by atoms with Crippen LogP contribution in [0.25, 0.3) is 0 Å². The van der Waals surface area contributed by atoms with Gasteiger partial charge in [-0.15, -0.1) is 0 Å². The number of carbonyl (C=O) groups excluding carboxylic acids is 2. The van der Waals surface area contributed by atoms with E-state index in [1.807, 2.05) is 0 Å². The monoisotopic (exact) mass is 397 g/mol. The zero-order valence-electron chi connectivity index (χ0n) is 15.5. The molecule has 29 heavy (non-hydrogen) atoms. The third-order valence-electron chi connectivity index (χ3n) is 4.65. The van der Waals surface area contributed by atoms with Crippen LogP contribution in [-0.4, -0.2) is 45.8 Å². The number of anilines is 1. The van der Waals surface area contributed by atoms with Crippen LogP contribution < -0.4 is 5.32 Å². The minimum absolute atomic E-state index is 0.121. The van der Waals surface area contributed by atoms with Crippen molar-refractivity contribution < 1.29 is 24.4 Å². The van der Waals surface area contributed by atoms with Gasteiger partial charge in [0, 0.05) is 42.0 Å². The number of benzene rings is 2. The molecule has 9 nitrogen and oxygen atoms in total. The molecule has 1 saturated heterocycles. The molecule has 0 unspecified atom stereocenters. The van der Waals surface area contributed by atoms with E-state index in [1.165, 1.54) is 6.07 Å². The van der Waals surface area contributed by atoms with Crippen LogP contribution in [0.4, 0.5) is 11.4 Å². The maximum Gasteiger partial charge on any atom is 0.335 e. The normalized spacial score (nSPS) is 13.6. The SMILES string of the molecule is O=C(O)c1cc(C(=O)Nc2cccc(C(=O)N3CCCCC3)c2)cc([N+](=O)[O-])c1. The van der Waals surface area contributed by atoms with Gasteiger partial charge in [-0.1, -0.05) is 6.07 Å². The summed E-state index contributed by atoms with van der Waals surface area (Å²) in [7, 11) is 0. The van der Waals surface area contributed by atoms with Crippen LogP contribution in [0.15, 0.2) is 42.5 Å². The number of rotatable bonds is 5. The molecule has 150 valence electrons. The van der Waals surface area contributed by atoms with Gasteiger partial charge < -0.3 is 15.3 Å². The number of carboxylic acid groups (broad SMARTS) is 1. The lowest BCUT2D eigenvalue weighted by atomic mass is 10.1. The van der Waals surface area contributed by atoms with Crippen molar-refractivity contribution in [1.82, 2.24) is 4.90 Å². The van der Waals surface area contributed by atoms with Gasteiger partial charge in [0.05, 0.1) is 10.5 Å². The number of likely N-dealkylation sites (tertiary alicyclic amines) is 1. The fraction of sp³-hybridized carbons (Fsp3) is 0.250. The highest BCUT2D eigenvalue weighted by Gasteiger charge is 2.20. The molecule has 1 heterocycles. The van der Waals surface area contributed by atoms with E-state index in [0.29, 0.717) is 24.3 Å². The smallest absolute Gasteiger partial charge is 0.335 e. The summed E-state index contributed by atoms with van der Waals surface area (Å²) in [5.41, 5.74) is -0.261. The molecule has 2 aromatic rings. The second kappa shape index (κ2) is 8.51. The van der Waals surface area contributed by atoms with Crippen molar-refractivity contribution in [2.75, 3.05) is 18.4 Å². The zero-order chi connectivity index (χ0) is 21.0. The van der Waals surface area contributed by atoms with Crippen molar-refractivity contribution in [1.29, 1.82) is 0 Å². The number of nitrogens with zero attached hydrogens (tertiary/aromatic N) is 2. The first-order valence-electron chi connectivity index (χ1n) is 9.08. The number of carboxylic acids is 1. The topological polar surface area (TPSA) is 130 Å². The van der Waals surface area contributed by atoms with Gasteiger partial charge >= 0.3 is 5.97 Å². The summed E-state index contributed by atoms with van der Waals surface area (Å²) in [5.74, 6) is -2.21. The third-order valence-corrected chi connectivity index (χ3v) is 4.65. The van der Waals surface area contributed by atoms with Gasteiger partial charge in [-0.05, 0) is 43.5 Å². The number of amides is 2. The van der Waals surface area contributed by atoms with Gasteiger partial charge in [-0.25, -0.2) is 4.79 Å². The predicted molar refractivity (Wildman–Crippen MR) is 104 cm³/mol. The van der Waals surface area contributed by atoms with Crippen LogP contribution in [0.2, 0.25) is 0 Å². The number of non-ortho nitro benzene ring substituents is 1. The van der Waals surface area contributed by atoms with Crippen LogP contribution in [0, 0.1) is 10.1 Å². The van der Waals surface area contributed by atoms with E-state index in [-0.39, 0.29) is 17.0 Å². The maximum absolute atomic E-state index is 12.6. The first-order valence-corrected chi connectivity index (χ1v) is 9.08. The molecule has 2 N–H and O–H groups in total. The summed E-state index contributed by atoms with van der Waals surface area (Å²) in [4.78, 5) is 48.3. The molecule has 0 aliphatic carbocycles. The lowest BCUT2D eigenvalue weighted by Gasteiger charge is -2.26. The van der Waals surface area contributed by atoms with E-state index in [4.69, 9.17) is 5.11 Å². The molecule has 0 atom stereocenters. The summed E-state index contributed by atoms with van der Waals surface area (Å²) >= 11 is 0. The average molecular weight is 397 g/mol. The highest BCUT2D eigenvalue weighted by molar-refractivity contribution is 6.06. The molecular weight excluding hydrogens is 378 g/mol. The predicted octanol–water partition coefficient (Wildman–Crippen LogP) is 3.17. The Bertz CT molecular complexity index is 950. The second-order valence-corrected chi connectivity index (χ2v) is 6.72. The van der Waals surface area contributed by atoms with Crippen molar-refractivity contribution in [3.05, 3.63) is 69.3 Å². The lowest BCUT2D eigenvalue weighted by molar-refractivity contribution is -0.384. The molecule has 1 fully saturated rings. The molecule has 0 spiro atoms. The van der Waals surface area contributed by atoms with Gasteiger partial charge in [0.15, 0.2) is 0 Å². The molecule has 1 aliphatic heterocycles. The van der Waals surface area contributed by atoms with Crippen molar-refractivity contribution in [2.24, 2.45) is 0 Å². The first-order chi connectivity index (χ1) is 13.8. The molecule has 0 bridgehead atoms. The Kier molecular flexibility index (Phi) is 5.87. The van der Waals surface area contributed by atoms with Gasteiger partial charge in [0.2, 0.25) is 0 Å². The Hall–Kier alpha value is -3.75. The third kappa shape index (κ3) is 4.75. The van der Waals surface area contributed by atoms with Gasteiger partial charge in [0.25, 0.3) is 17.5 Å². The van der Waals surface area contributed by atoms with Crippen LogP contribution in [0.1, 0.15) is 50.3 Å². The summed E-state index contributed by atoms with van der Waals surface area (Å²) in [6.45, 7) is 1.39. The summed E-state index contributed by atoms with van der Waals surface area (Å²) < 4.78 is 0. The largest absolute Gasteiger partial charge is 0.478 e. The summed E-state index contributed by atoms with van der Waals surface area (Å²) in [6, 6.07) is 9.35.